The van der Waals surface area contributed by atoms with Gasteiger partial charge in [0.15, 0.2) is 0 Å². The first-order chi connectivity index (χ1) is 4.79. The van der Waals surface area contributed by atoms with Crippen molar-refractivity contribution in [2.75, 3.05) is 4.23 Å². The molecule has 0 radical (unpaired) electrons. The topological polar surface area (TPSA) is 12.0 Å². The normalized spacial score (nSPS) is 9.90. The van der Waals surface area contributed by atoms with Crippen molar-refractivity contribution in [2.45, 2.75) is 11.4 Å². The molecular formula is C8H12AsN. The summed E-state index contributed by atoms with van der Waals surface area (Å²) in [5.41, 5.74) is 5.81. The van der Waals surface area contributed by atoms with E-state index >= 15 is 0 Å². The third-order valence-corrected chi connectivity index (χ3v) is 2.61. The van der Waals surface area contributed by atoms with Crippen LogP contribution in [0.4, 0.5) is 5.69 Å². The van der Waals surface area contributed by atoms with Gasteiger partial charge in [0.2, 0.25) is 0 Å². The second kappa shape index (κ2) is 3.68. The van der Waals surface area contributed by atoms with Crippen molar-refractivity contribution in [3.63, 3.8) is 0 Å². The fraction of sp³-hybridized carbons (Fsp3) is 0.250. The molecule has 0 unspecified atom stereocenters. The van der Waals surface area contributed by atoms with Gasteiger partial charge in [-0.2, -0.15) is 0 Å². The van der Waals surface area contributed by atoms with Crippen LogP contribution in [0, 0.1) is 0 Å². The number of para-hydroxylation sites is 1. The molecule has 0 saturated heterocycles. The van der Waals surface area contributed by atoms with Crippen LogP contribution >= 0.6 is 0 Å². The summed E-state index contributed by atoms with van der Waals surface area (Å²) in [6.07, 6.45) is 0. The summed E-state index contributed by atoms with van der Waals surface area (Å²) in [6, 6.07) is 10.4. The molecule has 0 aliphatic heterocycles. The van der Waals surface area contributed by atoms with Crippen LogP contribution in [0.3, 0.4) is 0 Å². The fourth-order valence-electron chi connectivity index (χ4n) is 0.771. The quantitative estimate of drug-likeness (QED) is 0.717. The van der Waals surface area contributed by atoms with Crippen molar-refractivity contribution in [2.24, 2.45) is 0 Å². The van der Waals surface area contributed by atoms with Crippen LogP contribution in [0.1, 0.15) is 0 Å². The minimum atomic E-state index is -0.705. The molecule has 54 valence electrons. The predicted octanol–water partition coefficient (Wildman–Crippen LogP) is 2.35. The van der Waals surface area contributed by atoms with E-state index in [1.54, 1.807) is 0 Å². The standard InChI is InChI=1S/C8H12AsN/c1-9(2)10-8-6-4-3-5-7-8/h3-7,10H,1-2H3. The van der Waals surface area contributed by atoms with E-state index in [0.29, 0.717) is 0 Å². The monoisotopic (exact) mass is 197 g/mol. The molecule has 1 aromatic rings. The van der Waals surface area contributed by atoms with E-state index in [1.807, 2.05) is 6.07 Å². The molecule has 1 aromatic carbocycles. The third-order valence-electron chi connectivity index (χ3n) is 1.13. The van der Waals surface area contributed by atoms with Crippen molar-refractivity contribution in [1.82, 2.24) is 0 Å². The second-order valence-electron chi connectivity index (χ2n) is 2.37. The van der Waals surface area contributed by atoms with E-state index in [4.69, 9.17) is 0 Å². The van der Waals surface area contributed by atoms with Gasteiger partial charge in [-0.15, -0.1) is 0 Å². The first-order valence-electron chi connectivity index (χ1n) is 3.28. The Bertz CT molecular complexity index is 184. The molecule has 0 fully saturated rings. The summed E-state index contributed by atoms with van der Waals surface area (Å²) in [7, 11) is 0. The summed E-state index contributed by atoms with van der Waals surface area (Å²) in [6.45, 7) is 0. The summed E-state index contributed by atoms with van der Waals surface area (Å²) >= 11 is -0.705. The van der Waals surface area contributed by atoms with Gasteiger partial charge in [0.05, 0.1) is 0 Å². The van der Waals surface area contributed by atoms with Crippen LogP contribution in [0.25, 0.3) is 0 Å². The first kappa shape index (κ1) is 7.68. The Kier molecular flexibility index (Phi) is 2.82. The van der Waals surface area contributed by atoms with Gasteiger partial charge in [-0.05, 0) is 0 Å². The zero-order valence-corrected chi connectivity index (χ0v) is 8.21. The van der Waals surface area contributed by atoms with Crippen molar-refractivity contribution in [3.8, 4) is 0 Å². The van der Waals surface area contributed by atoms with Gasteiger partial charge in [-0.1, -0.05) is 0 Å². The van der Waals surface area contributed by atoms with Crippen molar-refractivity contribution >= 4 is 20.6 Å². The molecule has 0 heterocycles. The van der Waals surface area contributed by atoms with Crippen LogP contribution in [-0.2, 0) is 0 Å². The van der Waals surface area contributed by atoms with Gasteiger partial charge in [0, 0.05) is 0 Å². The number of rotatable bonds is 2. The molecule has 0 bridgehead atoms. The maximum atomic E-state index is 3.45. The maximum absolute atomic E-state index is 3.45. The molecule has 0 aliphatic carbocycles. The van der Waals surface area contributed by atoms with E-state index in [-0.39, 0.29) is 0 Å². The summed E-state index contributed by atoms with van der Waals surface area (Å²) in [5, 5.41) is 0. The molecule has 0 spiro atoms. The Balaban J connectivity index is 2.59. The minimum absolute atomic E-state index is 0.705. The Hall–Kier alpha value is -0.422. The molecule has 1 N–H and O–H groups in total. The molecule has 0 atom stereocenters. The van der Waals surface area contributed by atoms with Crippen LogP contribution in [0.5, 0.6) is 0 Å². The number of anilines is 1. The fourth-order valence-corrected chi connectivity index (χ4v) is 2.17. The number of hydrogen-bond donors (Lipinski definition) is 1. The molecule has 0 saturated carbocycles. The number of nitrogens with one attached hydrogen (secondary N) is 1. The van der Waals surface area contributed by atoms with Crippen molar-refractivity contribution in [1.29, 1.82) is 0 Å². The van der Waals surface area contributed by atoms with Gasteiger partial charge in [0.25, 0.3) is 0 Å². The van der Waals surface area contributed by atoms with Crippen LogP contribution in [-0.4, -0.2) is 14.9 Å². The SMILES string of the molecule is C[As](C)Nc1ccccc1. The van der Waals surface area contributed by atoms with Gasteiger partial charge in [0.1, 0.15) is 0 Å². The molecule has 0 amide bonds. The molecule has 0 aliphatic rings. The van der Waals surface area contributed by atoms with Gasteiger partial charge < -0.3 is 0 Å². The predicted molar refractivity (Wildman–Crippen MR) is 47.5 cm³/mol. The first-order valence-corrected chi connectivity index (χ1v) is 7.97. The summed E-state index contributed by atoms with van der Waals surface area (Å²) in [5.74, 6) is 0. The Morgan fingerprint density at radius 1 is 1.10 bits per heavy atom. The second-order valence-corrected chi connectivity index (χ2v) is 6.59. The Morgan fingerprint density at radius 2 is 1.70 bits per heavy atom. The molecule has 10 heavy (non-hydrogen) atoms. The van der Waals surface area contributed by atoms with Crippen LogP contribution in [0.15, 0.2) is 30.3 Å². The van der Waals surface area contributed by atoms with Crippen molar-refractivity contribution < 1.29 is 0 Å². The zero-order chi connectivity index (χ0) is 7.40. The van der Waals surface area contributed by atoms with E-state index < -0.39 is 14.9 Å². The van der Waals surface area contributed by atoms with Gasteiger partial charge in [-0.3, -0.25) is 0 Å². The molecule has 2 heteroatoms. The molecule has 0 aromatic heterocycles. The summed E-state index contributed by atoms with van der Waals surface area (Å²) in [4.78, 5) is 0. The van der Waals surface area contributed by atoms with Crippen LogP contribution in [0.2, 0.25) is 11.4 Å². The Morgan fingerprint density at radius 3 is 2.20 bits per heavy atom. The van der Waals surface area contributed by atoms with Gasteiger partial charge >= 0.3 is 66.6 Å². The van der Waals surface area contributed by atoms with E-state index in [1.165, 1.54) is 5.69 Å². The van der Waals surface area contributed by atoms with E-state index in [9.17, 15) is 0 Å². The molecule has 1 rings (SSSR count). The molecule has 1 nitrogen and oxygen atoms in total. The van der Waals surface area contributed by atoms with Crippen molar-refractivity contribution in [3.05, 3.63) is 30.3 Å². The average molecular weight is 197 g/mol. The molecular weight excluding hydrogens is 185 g/mol. The van der Waals surface area contributed by atoms with E-state index in [2.05, 4.69) is 39.9 Å². The third kappa shape index (κ3) is 2.45. The Labute approximate surface area is 66.9 Å². The van der Waals surface area contributed by atoms with E-state index in [0.717, 1.165) is 0 Å². The average Bonchev–Trinajstić information content (AvgIpc) is 1.88. The zero-order valence-electron chi connectivity index (χ0n) is 6.33. The number of hydrogen-bond acceptors (Lipinski definition) is 1. The summed E-state index contributed by atoms with van der Waals surface area (Å²) < 4.78 is 3.45. The van der Waals surface area contributed by atoms with Crippen LogP contribution < -0.4 is 4.23 Å². The van der Waals surface area contributed by atoms with Gasteiger partial charge in [-0.25, -0.2) is 0 Å². The number of benzene rings is 1.